The predicted molar refractivity (Wildman–Crippen MR) is 159 cm³/mol. The summed E-state index contributed by atoms with van der Waals surface area (Å²) in [6, 6.07) is 18.7. The molecule has 0 amide bonds. The van der Waals surface area contributed by atoms with Crippen molar-refractivity contribution in [3.05, 3.63) is 90.0 Å². The molecule has 3 nitrogen and oxygen atoms in total. The molecule has 3 aromatic rings. The van der Waals surface area contributed by atoms with Crippen LogP contribution in [0.5, 0.6) is 0 Å². The molecule has 3 rings (SSSR count). The summed E-state index contributed by atoms with van der Waals surface area (Å²) in [4.78, 5) is 0. The molecule has 0 fully saturated rings. The predicted octanol–water partition coefficient (Wildman–Crippen LogP) is 10.0. The highest BCUT2D eigenvalue weighted by Gasteiger charge is 2.17. The molecule has 1 heterocycles. The van der Waals surface area contributed by atoms with Crippen LogP contribution in [0.15, 0.2) is 78.8 Å². The lowest BCUT2D eigenvalue weighted by Crippen LogP contribution is -2.04. The molecule has 1 aromatic heterocycles. The van der Waals surface area contributed by atoms with Crippen molar-refractivity contribution < 1.29 is 9.13 Å². The van der Waals surface area contributed by atoms with E-state index in [4.69, 9.17) is 4.74 Å². The van der Waals surface area contributed by atoms with Crippen molar-refractivity contribution in [3.63, 3.8) is 0 Å². The summed E-state index contributed by atoms with van der Waals surface area (Å²) >= 11 is 0. The average molecular weight is 507 g/mol. The number of halogens is 1. The van der Waals surface area contributed by atoms with E-state index in [1.807, 2.05) is 49.0 Å². The Bertz CT molecular complexity index is 1050. The van der Waals surface area contributed by atoms with Crippen molar-refractivity contribution in [1.82, 2.24) is 9.78 Å². The van der Waals surface area contributed by atoms with Gasteiger partial charge in [0.25, 0.3) is 0 Å². The van der Waals surface area contributed by atoms with Gasteiger partial charge in [0.15, 0.2) is 0 Å². The average Bonchev–Trinajstić information content (AvgIpc) is 3.35. The SMILES string of the molecule is C/C=C(/F)C/C(=C\C)c1c(CCC)cnn1-c1ccc(-c2ccccc2)cc1.CCC.CCCOCC. The lowest BCUT2D eigenvalue weighted by atomic mass is 10.0. The van der Waals surface area contributed by atoms with Gasteiger partial charge in [0.05, 0.1) is 17.6 Å². The molecule has 0 saturated carbocycles. The van der Waals surface area contributed by atoms with E-state index in [-0.39, 0.29) is 12.2 Å². The Morgan fingerprint density at radius 2 is 1.49 bits per heavy atom. The summed E-state index contributed by atoms with van der Waals surface area (Å²) < 4.78 is 21.0. The summed E-state index contributed by atoms with van der Waals surface area (Å²) in [7, 11) is 0. The van der Waals surface area contributed by atoms with Crippen molar-refractivity contribution in [3.8, 4) is 16.8 Å². The third-order valence-corrected chi connectivity index (χ3v) is 5.46. The second-order valence-electron chi connectivity index (χ2n) is 8.72. The molecule has 4 heteroatoms. The number of allylic oxidation sites excluding steroid dienone is 4. The van der Waals surface area contributed by atoms with E-state index in [1.165, 1.54) is 18.1 Å². The Morgan fingerprint density at radius 3 is 1.97 bits per heavy atom. The fraction of sp³-hybridized carbons (Fsp3) is 0.424. The zero-order chi connectivity index (χ0) is 27.5. The second-order valence-corrected chi connectivity index (χ2v) is 8.72. The van der Waals surface area contributed by atoms with Gasteiger partial charge in [0.1, 0.15) is 5.83 Å². The Kier molecular flexibility index (Phi) is 16.6. The van der Waals surface area contributed by atoms with Gasteiger partial charge in [-0.15, -0.1) is 0 Å². The van der Waals surface area contributed by atoms with Gasteiger partial charge < -0.3 is 4.74 Å². The van der Waals surface area contributed by atoms with E-state index in [0.29, 0.717) is 0 Å². The van der Waals surface area contributed by atoms with Gasteiger partial charge in [0, 0.05) is 19.6 Å². The van der Waals surface area contributed by atoms with Crippen molar-refractivity contribution in [2.75, 3.05) is 13.2 Å². The molecule has 0 aliphatic carbocycles. The Labute approximate surface area is 225 Å². The van der Waals surface area contributed by atoms with Crippen LogP contribution in [-0.2, 0) is 11.2 Å². The first-order valence-electron chi connectivity index (χ1n) is 13.8. The van der Waals surface area contributed by atoms with Gasteiger partial charge >= 0.3 is 0 Å². The number of aromatic nitrogens is 2. The minimum atomic E-state index is -0.122. The first kappa shape index (κ1) is 32.0. The second kappa shape index (κ2) is 19.2. The number of ether oxygens (including phenoxy) is 1. The maximum Gasteiger partial charge on any atom is 0.100 e. The normalized spacial score (nSPS) is 11.4. The monoisotopic (exact) mass is 506 g/mol. The van der Waals surface area contributed by atoms with Crippen molar-refractivity contribution >= 4 is 5.57 Å². The molecular formula is C33H47FN2O. The first-order valence-corrected chi connectivity index (χ1v) is 13.8. The molecule has 0 bridgehead atoms. The largest absolute Gasteiger partial charge is 0.382 e. The van der Waals surface area contributed by atoms with E-state index in [1.54, 1.807) is 6.92 Å². The van der Waals surface area contributed by atoms with Crippen LogP contribution in [0, 0.1) is 0 Å². The van der Waals surface area contributed by atoms with Crippen molar-refractivity contribution in [1.29, 1.82) is 0 Å². The van der Waals surface area contributed by atoms with Crippen LogP contribution in [0.3, 0.4) is 0 Å². The molecule has 0 atom stereocenters. The maximum absolute atomic E-state index is 14.0. The number of benzene rings is 2. The van der Waals surface area contributed by atoms with Gasteiger partial charge in [-0.05, 0) is 68.0 Å². The van der Waals surface area contributed by atoms with Crippen LogP contribution >= 0.6 is 0 Å². The highest BCUT2D eigenvalue weighted by molar-refractivity contribution is 5.69. The highest BCUT2D eigenvalue weighted by atomic mass is 19.1. The molecule has 0 spiro atoms. The third-order valence-electron chi connectivity index (χ3n) is 5.46. The number of hydrogen-bond donors (Lipinski definition) is 0. The summed E-state index contributed by atoms with van der Waals surface area (Å²) in [5.74, 6) is -0.122. The molecule has 0 radical (unpaired) electrons. The van der Waals surface area contributed by atoms with Crippen molar-refractivity contribution in [2.24, 2.45) is 0 Å². The quantitative estimate of drug-likeness (QED) is 0.256. The van der Waals surface area contributed by atoms with Gasteiger partial charge in [-0.3, -0.25) is 0 Å². The molecule has 0 unspecified atom stereocenters. The standard InChI is InChI=1S/C25H27FN2.C5H12O.C3H8/c1-4-10-22-18-27-28(25(22)19(5-2)17-23(26)6-3)24-15-13-21(14-16-24)20-11-8-7-9-12-20;1-3-5-6-4-2;1-3-2/h5-9,11-16,18H,4,10,17H2,1-3H3;3-5H2,1-2H3;3H2,1-2H3/b19-5+,23-6+;;. The summed E-state index contributed by atoms with van der Waals surface area (Å²) in [5.41, 5.74) is 6.46. The van der Waals surface area contributed by atoms with E-state index < -0.39 is 0 Å². The molecule has 0 N–H and O–H groups in total. The minimum absolute atomic E-state index is 0.122. The Balaban J connectivity index is 0.000000657. The molecule has 2 aromatic carbocycles. The van der Waals surface area contributed by atoms with E-state index >= 15 is 0 Å². The molecule has 37 heavy (non-hydrogen) atoms. The number of aryl methyl sites for hydroxylation is 1. The lowest BCUT2D eigenvalue weighted by Gasteiger charge is -2.13. The molecule has 0 saturated heterocycles. The molecule has 202 valence electrons. The van der Waals surface area contributed by atoms with Crippen LogP contribution in [0.1, 0.15) is 85.4 Å². The first-order chi connectivity index (χ1) is 18.0. The smallest absolute Gasteiger partial charge is 0.100 e. The number of rotatable bonds is 10. The zero-order valence-electron chi connectivity index (χ0n) is 24.1. The number of hydrogen-bond acceptors (Lipinski definition) is 2. The topological polar surface area (TPSA) is 27.1 Å². The van der Waals surface area contributed by atoms with E-state index in [9.17, 15) is 4.39 Å². The van der Waals surface area contributed by atoms with Crippen LogP contribution in [0.4, 0.5) is 4.39 Å². The van der Waals surface area contributed by atoms with Crippen LogP contribution in [-0.4, -0.2) is 23.0 Å². The van der Waals surface area contributed by atoms with Crippen LogP contribution in [0.2, 0.25) is 0 Å². The number of nitrogens with zero attached hydrogens (tertiary/aromatic N) is 2. The van der Waals surface area contributed by atoms with E-state index in [0.717, 1.165) is 60.6 Å². The molecular weight excluding hydrogens is 459 g/mol. The van der Waals surface area contributed by atoms with Gasteiger partial charge in [0.2, 0.25) is 0 Å². The maximum atomic E-state index is 14.0. The lowest BCUT2D eigenvalue weighted by molar-refractivity contribution is 0.148. The van der Waals surface area contributed by atoms with E-state index in [2.05, 4.69) is 69.2 Å². The zero-order valence-corrected chi connectivity index (χ0v) is 24.1. The third kappa shape index (κ3) is 10.9. The summed E-state index contributed by atoms with van der Waals surface area (Å²) in [6.07, 6.45) is 10.1. The fourth-order valence-electron chi connectivity index (χ4n) is 3.69. The minimum Gasteiger partial charge on any atom is -0.382 e. The highest BCUT2D eigenvalue weighted by Crippen LogP contribution is 2.30. The van der Waals surface area contributed by atoms with Crippen LogP contribution < -0.4 is 0 Å². The fourth-order valence-corrected chi connectivity index (χ4v) is 3.69. The summed E-state index contributed by atoms with van der Waals surface area (Å²) in [5, 5.41) is 4.64. The Hall–Kier alpha value is -2.98. The van der Waals surface area contributed by atoms with Gasteiger partial charge in [-0.25, -0.2) is 9.07 Å². The van der Waals surface area contributed by atoms with Gasteiger partial charge in [-0.1, -0.05) is 95.2 Å². The van der Waals surface area contributed by atoms with Crippen LogP contribution in [0.25, 0.3) is 22.4 Å². The summed E-state index contributed by atoms with van der Waals surface area (Å²) in [6.45, 7) is 16.0. The Morgan fingerprint density at radius 1 is 0.865 bits per heavy atom. The van der Waals surface area contributed by atoms with Crippen molar-refractivity contribution in [2.45, 2.75) is 80.6 Å². The molecule has 0 aliphatic rings. The van der Waals surface area contributed by atoms with Gasteiger partial charge in [-0.2, -0.15) is 5.10 Å². The molecule has 0 aliphatic heterocycles.